The Morgan fingerprint density at radius 3 is 3.20 bits per heavy atom. The number of hydrogen-bond acceptors (Lipinski definition) is 3. The minimum atomic E-state index is -0.0476. The third kappa shape index (κ3) is 2.10. The van der Waals surface area contributed by atoms with Crippen LogP contribution in [0.25, 0.3) is 0 Å². The molecule has 2 rings (SSSR count). The van der Waals surface area contributed by atoms with Crippen molar-refractivity contribution in [1.29, 1.82) is 0 Å². The lowest BCUT2D eigenvalue weighted by Gasteiger charge is -2.25. The van der Waals surface area contributed by atoms with Gasteiger partial charge in [-0.05, 0) is 6.42 Å². The number of nitrogens with two attached hydrogens (primary N) is 1. The van der Waals surface area contributed by atoms with Crippen LogP contribution < -0.4 is 16.0 Å². The van der Waals surface area contributed by atoms with E-state index < -0.39 is 0 Å². The van der Waals surface area contributed by atoms with Crippen LogP contribution >= 0.6 is 0 Å². The van der Waals surface area contributed by atoms with Crippen molar-refractivity contribution in [3.63, 3.8) is 0 Å². The van der Waals surface area contributed by atoms with Gasteiger partial charge in [-0.15, -0.1) is 0 Å². The van der Waals surface area contributed by atoms with Gasteiger partial charge in [0.15, 0.2) is 0 Å². The smallest absolute Gasteiger partial charge is 0.321 e. The van der Waals surface area contributed by atoms with Gasteiger partial charge in [0.05, 0.1) is 18.4 Å². The zero-order chi connectivity index (χ0) is 10.7. The molecule has 0 saturated carbocycles. The van der Waals surface area contributed by atoms with Gasteiger partial charge in [-0.3, -0.25) is 9.58 Å². The minimum absolute atomic E-state index is 0.0476. The average Bonchev–Trinajstić information content (AvgIpc) is 2.68. The Balaban J connectivity index is 2.10. The number of urea groups is 1. The standard InChI is InChI=1S/C9H15N5O/c10-2-5-13-7-8(6-12-13)14-4-1-3-11-9(14)15/h6-7H,1-5,10H2,(H,11,15). The van der Waals surface area contributed by atoms with Gasteiger partial charge in [-0.1, -0.05) is 0 Å². The molecule has 1 aliphatic heterocycles. The van der Waals surface area contributed by atoms with E-state index in [1.807, 2.05) is 6.20 Å². The Labute approximate surface area is 88.0 Å². The molecule has 0 radical (unpaired) electrons. The van der Waals surface area contributed by atoms with Gasteiger partial charge in [-0.25, -0.2) is 4.79 Å². The molecule has 82 valence electrons. The van der Waals surface area contributed by atoms with Crippen LogP contribution in [0.1, 0.15) is 6.42 Å². The van der Waals surface area contributed by atoms with E-state index in [2.05, 4.69) is 10.4 Å². The van der Waals surface area contributed by atoms with Crippen LogP contribution in [0.2, 0.25) is 0 Å². The lowest BCUT2D eigenvalue weighted by atomic mass is 10.3. The Bertz CT molecular complexity index is 348. The average molecular weight is 209 g/mol. The van der Waals surface area contributed by atoms with E-state index in [9.17, 15) is 4.79 Å². The molecule has 0 bridgehead atoms. The van der Waals surface area contributed by atoms with Crippen molar-refractivity contribution < 1.29 is 4.79 Å². The quantitative estimate of drug-likeness (QED) is 0.721. The topological polar surface area (TPSA) is 76.2 Å². The summed E-state index contributed by atoms with van der Waals surface area (Å²) in [5, 5.41) is 6.93. The first-order valence-electron chi connectivity index (χ1n) is 5.09. The monoisotopic (exact) mass is 209 g/mol. The lowest BCUT2D eigenvalue weighted by Crippen LogP contribution is -2.46. The molecular weight excluding hydrogens is 194 g/mol. The summed E-state index contributed by atoms with van der Waals surface area (Å²) < 4.78 is 1.75. The number of hydrogen-bond donors (Lipinski definition) is 2. The molecule has 0 aliphatic carbocycles. The molecule has 6 heteroatoms. The third-order valence-corrected chi connectivity index (χ3v) is 2.37. The number of rotatable bonds is 3. The van der Waals surface area contributed by atoms with Crippen molar-refractivity contribution >= 4 is 11.7 Å². The van der Waals surface area contributed by atoms with Crippen molar-refractivity contribution in [3.05, 3.63) is 12.4 Å². The maximum Gasteiger partial charge on any atom is 0.321 e. The number of nitrogens with zero attached hydrogens (tertiary/aromatic N) is 3. The van der Waals surface area contributed by atoms with Crippen molar-refractivity contribution in [3.8, 4) is 0 Å². The first-order valence-corrected chi connectivity index (χ1v) is 5.09. The van der Waals surface area contributed by atoms with Crippen molar-refractivity contribution in [2.24, 2.45) is 5.73 Å². The SMILES string of the molecule is NCCn1cc(N2CCCNC2=O)cn1. The summed E-state index contributed by atoms with van der Waals surface area (Å²) in [7, 11) is 0. The van der Waals surface area contributed by atoms with Crippen LogP contribution in [0.4, 0.5) is 10.5 Å². The number of carbonyl (C=O) groups excluding carboxylic acids is 1. The van der Waals surface area contributed by atoms with Crippen LogP contribution in [0.5, 0.6) is 0 Å². The largest absolute Gasteiger partial charge is 0.338 e. The number of aromatic nitrogens is 2. The summed E-state index contributed by atoms with van der Waals surface area (Å²) in [6.45, 7) is 2.73. The molecule has 15 heavy (non-hydrogen) atoms. The second-order valence-electron chi connectivity index (χ2n) is 3.49. The number of anilines is 1. The maximum atomic E-state index is 11.5. The number of nitrogens with one attached hydrogen (secondary N) is 1. The first kappa shape index (κ1) is 9.97. The molecule has 1 saturated heterocycles. The van der Waals surface area contributed by atoms with Crippen LogP contribution in [0.3, 0.4) is 0 Å². The molecule has 2 heterocycles. The fourth-order valence-electron chi connectivity index (χ4n) is 1.62. The van der Waals surface area contributed by atoms with Gasteiger partial charge in [0.1, 0.15) is 0 Å². The summed E-state index contributed by atoms with van der Waals surface area (Å²) >= 11 is 0. The van der Waals surface area contributed by atoms with E-state index in [-0.39, 0.29) is 6.03 Å². The van der Waals surface area contributed by atoms with Crippen LogP contribution in [0.15, 0.2) is 12.4 Å². The van der Waals surface area contributed by atoms with Crippen LogP contribution in [-0.4, -0.2) is 35.4 Å². The molecule has 0 atom stereocenters. The zero-order valence-corrected chi connectivity index (χ0v) is 8.52. The van der Waals surface area contributed by atoms with Gasteiger partial charge in [0, 0.05) is 25.8 Å². The van der Waals surface area contributed by atoms with E-state index in [0.717, 1.165) is 25.2 Å². The predicted octanol–water partition coefficient (Wildman–Crippen LogP) is -0.239. The summed E-state index contributed by atoms with van der Waals surface area (Å²) in [4.78, 5) is 13.2. The van der Waals surface area contributed by atoms with E-state index in [4.69, 9.17) is 5.73 Å². The molecule has 1 aromatic rings. The number of amides is 2. The van der Waals surface area contributed by atoms with Gasteiger partial charge in [0.25, 0.3) is 0 Å². The summed E-state index contributed by atoms with van der Waals surface area (Å²) in [5.74, 6) is 0. The molecule has 1 aliphatic rings. The lowest BCUT2D eigenvalue weighted by molar-refractivity contribution is 0.243. The van der Waals surface area contributed by atoms with Gasteiger partial charge >= 0.3 is 6.03 Å². The Morgan fingerprint density at radius 2 is 2.47 bits per heavy atom. The summed E-state index contributed by atoms with van der Waals surface area (Å²) in [6.07, 6.45) is 4.51. The molecule has 3 N–H and O–H groups in total. The Kier molecular flexibility index (Phi) is 2.86. The Hall–Kier alpha value is -1.56. The molecule has 0 spiro atoms. The highest BCUT2D eigenvalue weighted by molar-refractivity contribution is 5.92. The third-order valence-electron chi connectivity index (χ3n) is 2.37. The molecule has 1 aromatic heterocycles. The highest BCUT2D eigenvalue weighted by atomic mass is 16.2. The van der Waals surface area contributed by atoms with Crippen molar-refractivity contribution in [1.82, 2.24) is 15.1 Å². The minimum Gasteiger partial charge on any atom is -0.338 e. The molecular formula is C9H15N5O. The van der Waals surface area contributed by atoms with E-state index in [1.54, 1.807) is 15.8 Å². The fraction of sp³-hybridized carbons (Fsp3) is 0.556. The molecule has 2 amide bonds. The van der Waals surface area contributed by atoms with Gasteiger partial charge < -0.3 is 11.1 Å². The zero-order valence-electron chi connectivity index (χ0n) is 8.52. The summed E-state index contributed by atoms with van der Waals surface area (Å²) in [5.41, 5.74) is 6.26. The fourth-order valence-corrected chi connectivity index (χ4v) is 1.62. The Morgan fingerprint density at radius 1 is 1.60 bits per heavy atom. The molecule has 6 nitrogen and oxygen atoms in total. The van der Waals surface area contributed by atoms with E-state index >= 15 is 0 Å². The molecule has 0 unspecified atom stereocenters. The normalized spacial score (nSPS) is 16.6. The van der Waals surface area contributed by atoms with Crippen molar-refractivity contribution in [2.45, 2.75) is 13.0 Å². The van der Waals surface area contributed by atoms with Gasteiger partial charge in [0.2, 0.25) is 0 Å². The van der Waals surface area contributed by atoms with E-state index in [1.165, 1.54) is 0 Å². The first-order chi connectivity index (χ1) is 7.31. The molecule has 0 aromatic carbocycles. The molecule has 1 fully saturated rings. The van der Waals surface area contributed by atoms with E-state index in [0.29, 0.717) is 13.1 Å². The van der Waals surface area contributed by atoms with Crippen LogP contribution in [-0.2, 0) is 6.54 Å². The second-order valence-corrected chi connectivity index (χ2v) is 3.49. The highest BCUT2D eigenvalue weighted by Crippen LogP contribution is 2.15. The number of carbonyl (C=O) groups is 1. The summed E-state index contributed by atoms with van der Waals surface area (Å²) in [6, 6.07) is -0.0476. The highest BCUT2D eigenvalue weighted by Gasteiger charge is 2.20. The van der Waals surface area contributed by atoms with Crippen molar-refractivity contribution in [2.75, 3.05) is 24.5 Å². The van der Waals surface area contributed by atoms with Crippen LogP contribution in [0, 0.1) is 0 Å². The van der Waals surface area contributed by atoms with Gasteiger partial charge in [-0.2, -0.15) is 5.10 Å². The predicted molar refractivity (Wildman–Crippen MR) is 56.6 cm³/mol. The second kappa shape index (κ2) is 4.31. The maximum absolute atomic E-state index is 11.5.